The van der Waals surface area contributed by atoms with Crippen LogP contribution in [0.2, 0.25) is 0 Å². The van der Waals surface area contributed by atoms with E-state index in [4.69, 9.17) is 14.0 Å². The first-order valence-corrected chi connectivity index (χ1v) is 14.0. The number of carbonyl (C=O) groups is 1. The van der Waals surface area contributed by atoms with Crippen LogP contribution in [0.25, 0.3) is 0 Å². The molecule has 210 valence electrons. The average molecular weight is 536 g/mol. The van der Waals surface area contributed by atoms with E-state index in [1.165, 1.54) is 11.9 Å². The van der Waals surface area contributed by atoms with Crippen LogP contribution < -0.4 is 15.5 Å². The molecule has 0 spiro atoms. The lowest BCUT2D eigenvalue weighted by atomic mass is 9.78. The highest BCUT2D eigenvalue weighted by Crippen LogP contribution is 2.37. The zero-order valence-electron chi connectivity index (χ0n) is 25.2. The van der Waals surface area contributed by atoms with Crippen LogP contribution in [-0.4, -0.2) is 48.5 Å². The van der Waals surface area contributed by atoms with Crippen molar-refractivity contribution in [3.05, 3.63) is 18.2 Å². The number of nitrogens with one attached hydrogen (secondary N) is 2. The lowest BCUT2D eigenvalue weighted by Crippen LogP contribution is -2.41. The van der Waals surface area contributed by atoms with Crippen LogP contribution in [0, 0.1) is 5.41 Å². The van der Waals surface area contributed by atoms with Gasteiger partial charge in [-0.05, 0) is 96.6 Å². The second-order valence-electron chi connectivity index (χ2n) is 13.0. The number of benzene rings is 1. The first-order valence-electron chi connectivity index (χ1n) is 13.1. The molecule has 0 aromatic heterocycles. The molecular weight excluding hydrogens is 485 g/mol. The zero-order valence-corrected chi connectivity index (χ0v) is 26.0. The van der Waals surface area contributed by atoms with E-state index in [0.717, 1.165) is 29.7 Å². The van der Waals surface area contributed by atoms with Crippen LogP contribution in [0.4, 0.5) is 16.2 Å². The molecule has 1 aromatic carbocycles. The van der Waals surface area contributed by atoms with Crippen molar-refractivity contribution in [2.75, 3.05) is 11.9 Å². The number of ether oxygens (including phenoxy) is 1. The second kappa shape index (κ2) is 13.4. The average Bonchev–Trinajstić information content (AvgIpc) is 2.94. The molecule has 1 aliphatic rings. The smallest absolute Gasteiger partial charge is 0.443 e. The molecule has 1 aliphatic heterocycles. The SMILES string of the molecule is C=Nc1ccc(B2OC(C)(C)C(C)(C)O2)cc1NCC(CCC)SNC(=O)OC(C)(C)C.CC(C)(C)C. The zero-order chi connectivity index (χ0) is 28.7. The highest BCUT2D eigenvalue weighted by molar-refractivity contribution is 7.98. The fraction of sp³-hybridized carbons (Fsp3) is 0.714. The Bertz CT molecular complexity index is 872. The van der Waals surface area contributed by atoms with Crippen molar-refractivity contribution in [1.29, 1.82) is 0 Å². The van der Waals surface area contributed by atoms with Crippen molar-refractivity contribution >= 4 is 48.7 Å². The molecule has 0 aliphatic carbocycles. The maximum atomic E-state index is 12.0. The van der Waals surface area contributed by atoms with Gasteiger partial charge < -0.3 is 19.4 Å². The number of rotatable bonds is 9. The topological polar surface area (TPSA) is 81.2 Å². The molecule has 0 saturated carbocycles. The lowest BCUT2D eigenvalue weighted by molar-refractivity contribution is 0.00578. The molecule has 1 heterocycles. The number of aliphatic imine (C=N–C) groups is 1. The van der Waals surface area contributed by atoms with E-state index in [-0.39, 0.29) is 5.25 Å². The molecule has 0 bridgehead atoms. The van der Waals surface area contributed by atoms with E-state index < -0.39 is 30.0 Å². The monoisotopic (exact) mass is 535 g/mol. The molecule has 9 heteroatoms. The van der Waals surface area contributed by atoms with Crippen LogP contribution in [0.3, 0.4) is 0 Å². The Morgan fingerprint density at radius 3 is 2.11 bits per heavy atom. The van der Waals surface area contributed by atoms with Gasteiger partial charge in [0.1, 0.15) is 5.60 Å². The first kappa shape index (κ1) is 33.3. The fourth-order valence-corrected chi connectivity index (χ4v) is 3.96. The summed E-state index contributed by atoms with van der Waals surface area (Å²) in [4.78, 5) is 16.2. The van der Waals surface area contributed by atoms with Crippen LogP contribution in [0.5, 0.6) is 0 Å². The third kappa shape index (κ3) is 12.1. The Morgan fingerprint density at radius 1 is 1.11 bits per heavy atom. The van der Waals surface area contributed by atoms with Gasteiger partial charge >= 0.3 is 13.2 Å². The molecular formula is C28H50BN3O4S. The summed E-state index contributed by atoms with van der Waals surface area (Å²) in [5.74, 6) is 0. The molecule has 1 unspecified atom stereocenters. The summed E-state index contributed by atoms with van der Waals surface area (Å²) in [6, 6.07) is 5.87. The summed E-state index contributed by atoms with van der Waals surface area (Å²) in [5, 5.41) is 3.63. The summed E-state index contributed by atoms with van der Waals surface area (Å²) in [7, 11) is -0.450. The van der Waals surface area contributed by atoms with Gasteiger partial charge in [-0.3, -0.25) is 9.71 Å². The van der Waals surface area contributed by atoms with Crippen LogP contribution in [0.15, 0.2) is 23.2 Å². The summed E-state index contributed by atoms with van der Waals surface area (Å²) in [6.07, 6.45) is 1.50. The Labute approximate surface area is 230 Å². The Hall–Kier alpha value is -1.71. The number of carbonyl (C=O) groups excluding carboxylic acids is 1. The Kier molecular flexibility index (Phi) is 12.1. The largest absolute Gasteiger partial charge is 0.494 e. The molecule has 1 amide bonds. The highest BCUT2D eigenvalue weighted by atomic mass is 32.2. The predicted molar refractivity (Wildman–Crippen MR) is 161 cm³/mol. The van der Waals surface area contributed by atoms with E-state index in [1.807, 2.05) is 66.7 Å². The molecule has 0 radical (unpaired) electrons. The van der Waals surface area contributed by atoms with Gasteiger partial charge in [0, 0.05) is 11.8 Å². The Balaban J connectivity index is 0.00000124. The van der Waals surface area contributed by atoms with Crippen molar-refractivity contribution in [3.8, 4) is 0 Å². The second-order valence-corrected chi connectivity index (χ2v) is 14.1. The Morgan fingerprint density at radius 2 is 1.65 bits per heavy atom. The maximum absolute atomic E-state index is 12.0. The predicted octanol–water partition coefficient (Wildman–Crippen LogP) is 7.12. The minimum absolute atomic E-state index is 0.158. The minimum Gasteiger partial charge on any atom is -0.443 e. The van der Waals surface area contributed by atoms with Gasteiger partial charge in [-0.1, -0.05) is 47.1 Å². The van der Waals surface area contributed by atoms with E-state index in [9.17, 15) is 4.79 Å². The van der Waals surface area contributed by atoms with E-state index in [0.29, 0.717) is 12.0 Å². The lowest BCUT2D eigenvalue weighted by Gasteiger charge is -2.32. The summed E-state index contributed by atoms with van der Waals surface area (Å²) < 4.78 is 20.5. The van der Waals surface area contributed by atoms with Crippen molar-refractivity contribution in [2.24, 2.45) is 10.4 Å². The van der Waals surface area contributed by atoms with Gasteiger partial charge in [0.05, 0.1) is 22.6 Å². The standard InChI is InChI=1S/C23H38BN3O4S.C5H12/c1-10-11-17(32-27-20(28)29-21(2,3)4)15-26-19-14-16(12-13-18(19)25-9)24-30-22(5,6)23(7,8)31-24;1-5(2,3)4/h12-14,17,26H,9-11,15H2,1-8H3,(H,27,28);1-4H3. The molecule has 2 rings (SSSR count). The van der Waals surface area contributed by atoms with Gasteiger partial charge in [-0.2, -0.15) is 0 Å². The molecule has 37 heavy (non-hydrogen) atoms. The van der Waals surface area contributed by atoms with Gasteiger partial charge in [0.15, 0.2) is 0 Å². The number of nitrogens with zero attached hydrogens (tertiary/aromatic N) is 1. The van der Waals surface area contributed by atoms with E-state index in [2.05, 4.69) is 56.4 Å². The number of amides is 1. The third-order valence-corrected chi connectivity index (χ3v) is 6.58. The van der Waals surface area contributed by atoms with Crippen LogP contribution in [0.1, 0.15) is 95.9 Å². The van der Waals surface area contributed by atoms with Crippen LogP contribution >= 0.6 is 11.9 Å². The summed E-state index contributed by atoms with van der Waals surface area (Å²) >= 11 is 1.37. The molecule has 1 aromatic rings. The van der Waals surface area contributed by atoms with E-state index >= 15 is 0 Å². The highest BCUT2D eigenvalue weighted by Gasteiger charge is 2.51. The number of hydrogen-bond donors (Lipinski definition) is 2. The number of anilines is 1. The third-order valence-electron chi connectivity index (χ3n) is 5.56. The first-order chi connectivity index (χ1) is 16.8. The van der Waals surface area contributed by atoms with E-state index in [1.54, 1.807) is 0 Å². The summed E-state index contributed by atoms with van der Waals surface area (Å²) in [5.41, 5.74) is 1.69. The van der Waals surface area contributed by atoms with Crippen molar-refractivity contribution in [2.45, 2.75) is 118 Å². The quantitative estimate of drug-likeness (QED) is 0.199. The van der Waals surface area contributed by atoms with Gasteiger partial charge in [0.2, 0.25) is 0 Å². The molecule has 1 atom stereocenters. The fourth-order valence-electron chi connectivity index (χ4n) is 3.14. The van der Waals surface area contributed by atoms with Crippen molar-refractivity contribution < 1.29 is 18.8 Å². The van der Waals surface area contributed by atoms with Crippen LogP contribution in [-0.2, 0) is 14.0 Å². The van der Waals surface area contributed by atoms with Crippen molar-refractivity contribution in [1.82, 2.24) is 4.72 Å². The molecule has 7 nitrogen and oxygen atoms in total. The summed E-state index contributed by atoms with van der Waals surface area (Å²) in [6.45, 7) is 28.9. The minimum atomic E-state index is -0.526. The number of hydrogen-bond acceptors (Lipinski definition) is 7. The van der Waals surface area contributed by atoms with Gasteiger partial charge in [-0.15, -0.1) is 0 Å². The normalized spacial score (nSPS) is 17.4. The molecule has 1 fully saturated rings. The molecule has 2 N–H and O–H groups in total. The molecule has 1 saturated heterocycles. The van der Waals surface area contributed by atoms with Gasteiger partial charge in [-0.25, -0.2) is 4.79 Å². The van der Waals surface area contributed by atoms with Gasteiger partial charge in [0.25, 0.3) is 0 Å². The maximum Gasteiger partial charge on any atom is 0.494 e. The van der Waals surface area contributed by atoms with Crippen molar-refractivity contribution in [3.63, 3.8) is 0 Å².